The molecule has 3 rings (SSSR count). The van der Waals surface area contributed by atoms with Crippen LogP contribution in [0.15, 0.2) is 42.5 Å². The zero-order valence-electron chi connectivity index (χ0n) is 21.6. The molecule has 0 bridgehead atoms. The normalized spacial score (nSPS) is 14.7. The minimum atomic E-state index is -3.99. The number of rotatable bonds is 10. The van der Waals surface area contributed by atoms with E-state index >= 15 is 0 Å². The molecule has 0 saturated heterocycles. The van der Waals surface area contributed by atoms with Crippen LogP contribution in [0, 0.1) is 24.0 Å². The minimum absolute atomic E-state index is 0.0448. The second-order valence-electron chi connectivity index (χ2n) is 9.67. The van der Waals surface area contributed by atoms with Gasteiger partial charge < -0.3 is 10.2 Å². The van der Waals surface area contributed by atoms with Crippen molar-refractivity contribution in [2.24, 2.45) is 0 Å². The van der Waals surface area contributed by atoms with Crippen molar-refractivity contribution in [2.45, 2.75) is 65.1 Å². The number of carbonyl (C=O) groups excluding carboxylic acids is 2. The summed E-state index contributed by atoms with van der Waals surface area (Å²) in [5.74, 6) is -0.893. The number of nitrogens with zero attached hydrogens (tertiary/aromatic N) is 3. The number of sulfonamides is 1. The number of amides is 2. The lowest BCUT2D eigenvalue weighted by Gasteiger charge is -2.32. The highest BCUT2D eigenvalue weighted by molar-refractivity contribution is 7.92. The average Bonchev–Trinajstić information content (AvgIpc) is 3.34. The molecule has 1 fully saturated rings. The largest absolute Gasteiger partial charge is 0.352 e. The van der Waals surface area contributed by atoms with Crippen LogP contribution in [0.2, 0.25) is 0 Å². The van der Waals surface area contributed by atoms with E-state index < -0.39 is 33.4 Å². The van der Waals surface area contributed by atoms with E-state index in [0.29, 0.717) is 5.56 Å². The van der Waals surface area contributed by atoms with Crippen molar-refractivity contribution in [3.8, 4) is 0 Å². The summed E-state index contributed by atoms with van der Waals surface area (Å²) < 4.78 is 26.4. The van der Waals surface area contributed by atoms with Crippen LogP contribution in [0.25, 0.3) is 0 Å². The van der Waals surface area contributed by atoms with Crippen molar-refractivity contribution in [3.05, 3.63) is 69.3 Å². The summed E-state index contributed by atoms with van der Waals surface area (Å²) in [5, 5.41) is 14.3. The van der Waals surface area contributed by atoms with Crippen LogP contribution in [0.4, 0.5) is 11.4 Å². The van der Waals surface area contributed by atoms with Gasteiger partial charge in [-0.15, -0.1) is 0 Å². The Labute approximate surface area is 217 Å². The molecular weight excluding hydrogens is 496 g/mol. The monoisotopic (exact) mass is 530 g/mol. The van der Waals surface area contributed by atoms with Gasteiger partial charge in [-0.25, -0.2) is 8.42 Å². The number of benzene rings is 2. The second-order valence-corrected chi connectivity index (χ2v) is 11.6. The average molecular weight is 531 g/mol. The number of anilines is 1. The van der Waals surface area contributed by atoms with Crippen molar-refractivity contribution >= 4 is 33.2 Å². The van der Waals surface area contributed by atoms with Gasteiger partial charge in [0, 0.05) is 24.7 Å². The van der Waals surface area contributed by atoms with E-state index in [1.807, 2.05) is 31.2 Å². The number of non-ortho nitro benzene ring substituents is 1. The van der Waals surface area contributed by atoms with Gasteiger partial charge >= 0.3 is 0 Å². The molecule has 1 saturated carbocycles. The van der Waals surface area contributed by atoms with Gasteiger partial charge in [0.15, 0.2) is 0 Å². The number of hydrogen-bond donors (Lipinski definition) is 1. The maximum absolute atomic E-state index is 13.7. The molecule has 37 heavy (non-hydrogen) atoms. The standard InChI is InChI=1S/C26H34N4O6S/c1-18-9-12-21(13-10-18)16-28(20(3)26(32)27-22-7-5-6-8-22)25(31)17-29(37(4,35)36)24-15-23(30(33)34)14-11-19(24)2/h9-15,20,22H,5-8,16-17H2,1-4H3,(H,27,32). The number of aryl methyl sites for hydroxylation is 2. The van der Waals surface area contributed by atoms with Crippen molar-refractivity contribution in [1.29, 1.82) is 0 Å². The molecule has 1 N–H and O–H groups in total. The van der Waals surface area contributed by atoms with Gasteiger partial charge in [0.25, 0.3) is 5.69 Å². The van der Waals surface area contributed by atoms with Gasteiger partial charge in [0.1, 0.15) is 12.6 Å². The van der Waals surface area contributed by atoms with E-state index in [1.165, 1.54) is 17.0 Å². The fourth-order valence-electron chi connectivity index (χ4n) is 4.44. The van der Waals surface area contributed by atoms with E-state index in [4.69, 9.17) is 0 Å². The molecule has 1 unspecified atom stereocenters. The number of nitro benzene ring substituents is 1. The highest BCUT2D eigenvalue weighted by Gasteiger charge is 2.32. The van der Waals surface area contributed by atoms with Gasteiger partial charge in [0.05, 0.1) is 16.9 Å². The Kier molecular flexibility index (Phi) is 8.90. The maximum Gasteiger partial charge on any atom is 0.271 e. The zero-order valence-corrected chi connectivity index (χ0v) is 22.5. The van der Waals surface area contributed by atoms with Crippen molar-refractivity contribution in [2.75, 3.05) is 17.1 Å². The molecule has 1 atom stereocenters. The third-order valence-corrected chi connectivity index (χ3v) is 7.82. The number of nitrogens with one attached hydrogen (secondary N) is 1. The molecule has 2 aromatic rings. The molecule has 200 valence electrons. The predicted octanol–water partition coefficient (Wildman–Crippen LogP) is 3.45. The van der Waals surface area contributed by atoms with E-state index in [1.54, 1.807) is 13.8 Å². The molecule has 0 aromatic heterocycles. The van der Waals surface area contributed by atoms with Crippen LogP contribution in [0.5, 0.6) is 0 Å². The molecule has 0 heterocycles. The molecule has 2 aromatic carbocycles. The molecule has 0 spiro atoms. The van der Waals surface area contributed by atoms with Crippen molar-refractivity contribution < 1.29 is 22.9 Å². The Morgan fingerprint density at radius 2 is 1.73 bits per heavy atom. The maximum atomic E-state index is 13.7. The Balaban J connectivity index is 1.93. The van der Waals surface area contributed by atoms with Gasteiger partial charge in [-0.3, -0.25) is 24.0 Å². The Hall–Kier alpha value is -3.47. The summed E-state index contributed by atoms with van der Waals surface area (Å²) in [5.41, 5.74) is 2.04. The number of hydrogen-bond acceptors (Lipinski definition) is 6. The summed E-state index contributed by atoms with van der Waals surface area (Å²) in [6.45, 7) is 4.68. The quantitative estimate of drug-likeness (QED) is 0.370. The van der Waals surface area contributed by atoms with Crippen LogP contribution in [-0.4, -0.2) is 54.9 Å². The van der Waals surface area contributed by atoms with E-state index in [2.05, 4.69) is 5.32 Å². The SMILES string of the molecule is Cc1ccc(CN(C(=O)CN(c2cc([N+](=O)[O-])ccc2C)S(C)(=O)=O)C(C)C(=O)NC2CCCC2)cc1. The molecule has 2 amide bonds. The van der Waals surface area contributed by atoms with Gasteiger partial charge in [-0.05, 0) is 44.7 Å². The molecular formula is C26H34N4O6S. The minimum Gasteiger partial charge on any atom is -0.352 e. The van der Waals surface area contributed by atoms with Crippen molar-refractivity contribution in [1.82, 2.24) is 10.2 Å². The Bertz CT molecular complexity index is 1260. The van der Waals surface area contributed by atoms with Crippen LogP contribution >= 0.6 is 0 Å². The van der Waals surface area contributed by atoms with Gasteiger partial charge in [0.2, 0.25) is 21.8 Å². The third-order valence-electron chi connectivity index (χ3n) is 6.69. The first-order chi connectivity index (χ1) is 17.4. The van der Waals surface area contributed by atoms with Gasteiger partial charge in [-0.2, -0.15) is 0 Å². The lowest BCUT2D eigenvalue weighted by atomic mass is 10.1. The van der Waals surface area contributed by atoms with Gasteiger partial charge in [-0.1, -0.05) is 48.7 Å². The number of nitro groups is 1. The lowest BCUT2D eigenvalue weighted by Crippen LogP contribution is -2.52. The smallest absolute Gasteiger partial charge is 0.271 e. The summed E-state index contributed by atoms with van der Waals surface area (Å²) in [6, 6.07) is 10.6. The molecule has 0 aliphatic heterocycles. The van der Waals surface area contributed by atoms with Crippen LogP contribution < -0.4 is 9.62 Å². The first-order valence-electron chi connectivity index (χ1n) is 12.2. The summed E-state index contributed by atoms with van der Waals surface area (Å²) >= 11 is 0. The summed E-state index contributed by atoms with van der Waals surface area (Å²) in [7, 11) is -3.99. The van der Waals surface area contributed by atoms with Crippen LogP contribution in [0.1, 0.15) is 49.3 Å². The van der Waals surface area contributed by atoms with Crippen LogP contribution in [0.3, 0.4) is 0 Å². The first kappa shape index (κ1) is 28.1. The molecule has 1 aliphatic rings. The van der Waals surface area contributed by atoms with Crippen LogP contribution in [-0.2, 0) is 26.2 Å². The zero-order chi connectivity index (χ0) is 27.3. The summed E-state index contributed by atoms with van der Waals surface area (Å²) in [4.78, 5) is 38.8. The highest BCUT2D eigenvalue weighted by atomic mass is 32.2. The lowest BCUT2D eigenvalue weighted by molar-refractivity contribution is -0.384. The third kappa shape index (κ3) is 7.28. The van der Waals surface area contributed by atoms with E-state index in [-0.39, 0.29) is 29.9 Å². The Morgan fingerprint density at radius 1 is 1.11 bits per heavy atom. The molecule has 10 nitrogen and oxygen atoms in total. The van der Waals surface area contributed by atoms with E-state index in [9.17, 15) is 28.1 Å². The number of carbonyl (C=O) groups is 2. The summed E-state index contributed by atoms with van der Waals surface area (Å²) in [6.07, 6.45) is 4.80. The molecule has 11 heteroatoms. The van der Waals surface area contributed by atoms with Crippen molar-refractivity contribution in [3.63, 3.8) is 0 Å². The molecule has 1 aliphatic carbocycles. The van der Waals surface area contributed by atoms with E-state index in [0.717, 1.165) is 53.4 Å². The first-order valence-corrected chi connectivity index (χ1v) is 14.1. The topological polar surface area (TPSA) is 130 Å². The fraction of sp³-hybridized carbons (Fsp3) is 0.462. The second kappa shape index (κ2) is 11.7. The molecule has 0 radical (unpaired) electrons. The Morgan fingerprint density at radius 3 is 2.30 bits per heavy atom. The highest BCUT2D eigenvalue weighted by Crippen LogP contribution is 2.28. The predicted molar refractivity (Wildman–Crippen MR) is 142 cm³/mol. The fourth-order valence-corrected chi connectivity index (χ4v) is 5.34.